The summed E-state index contributed by atoms with van der Waals surface area (Å²) in [7, 11) is 0. The third-order valence-corrected chi connectivity index (χ3v) is 5.99. The zero-order valence-corrected chi connectivity index (χ0v) is 15.8. The zero-order chi connectivity index (χ0) is 18.6. The SMILES string of the molecule is O=C(NC[C@@H](c1cccs1)N1CCCCC1)c1cc(=O)c2ccccc2o1. The first-order valence-corrected chi connectivity index (χ1v) is 10.2. The number of thiophene rings is 1. The van der Waals surface area contributed by atoms with E-state index in [1.54, 1.807) is 35.6 Å². The predicted octanol–water partition coefficient (Wildman–Crippen LogP) is 3.81. The summed E-state index contributed by atoms with van der Waals surface area (Å²) in [5.74, 6) is -0.293. The number of hydrogen-bond donors (Lipinski definition) is 1. The van der Waals surface area contributed by atoms with Gasteiger partial charge in [0, 0.05) is 17.5 Å². The van der Waals surface area contributed by atoms with Crippen molar-refractivity contribution in [2.45, 2.75) is 25.3 Å². The molecule has 1 amide bonds. The summed E-state index contributed by atoms with van der Waals surface area (Å²) in [5, 5.41) is 5.52. The Hall–Kier alpha value is -2.44. The normalized spacial score (nSPS) is 16.3. The van der Waals surface area contributed by atoms with Gasteiger partial charge < -0.3 is 9.73 Å². The van der Waals surface area contributed by atoms with Crippen LogP contribution in [0, 0.1) is 0 Å². The van der Waals surface area contributed by atoms with Gasteiger partial charge in [-0.2, -0.15) is 0 Å². The number of hydrogen-bond acceptors (Lipinski definition) is 5. The molecule has 1 aliphatic heterocycles. The Balaban J connectivity index is 1.52. The van der Waals surface area contributed by atoms with Crippen LogP contribution in [0.2, 0.25) is 0 Å². The van der Waals surface area contributed by atoms with Crippen molar-refractivity contribution in [1.29, 1.82) is 0 Å². The highest BCUT2D eigenvalue weighted by atomic mass is 32.1. The molecule has 0 unspecified atom stereocenters. The van der Waals surface area contributed by atoms with E-state index in [4.69, 9.17) is 4.42 Å². The summed E-state index contributed by atoms with van der Waals surface area (Å²) >= 11 is 1.71. The first kappa shape index (κ1) is 17.9. The Bertz CT molecular complexity index is 975. The van der Waals surface area contributed by atoms with E-state index in [1.165, 1.54) is 30.2 Å². The minimum absolute atomic E-state index is 0.0577. The van der Waals surface area contributed by atoms with Crippen LogP contribution in [0.25, 0.3) is 11.0 Å². The van der Waals surface area contributed by atoms with Gasteiger partial charge in [0.15, 0.2) is 11.2 Å². The van der Waals surface area contributed by atoms with Crippen molar-refractivity contribution in [3.05, 3.63) is 68.7 Å². The molecule has 2 aromatic heterocycles. The Kier molecular flexibility index (Phi) is 5.36. The average molecular weight is 382 g/mol. The summed E-state index contributed by atoms with van der Waals surface area (Å²) in [4.78, 5) is 28.6. The fourth-order valence-electron chi connectivity index (χ4n) is 3.61. The van der Waals surface area contributed by atoms with Gasteiger partial charge in [0.25, 0.3) is 5.91 Å². The lowest BCUT2D eigenvalue weighted by Gasteiger charge is -2.34. The number of fused-ring (bicyclic) bond motifs is 1. The van der Waals surface area contributed by atoms with E-state index in [1.807, 2.05) is 6.07 Å². The average Bonchev–Trinajstić information content (AvgIpc) is 3.23. The Morgan fingerprint density at radius 3 is 2.74 bits per heavy atom. The molecule has 0 spiro atoms. The highest BCUT2D eigenvalue weighted by Crippen LogP contribution is 2.27. The van der Waals surface area contributed by atoms with Gasteiger partial charge in [0.2, 0.25) is 0 Å². The van der Waals surface area contributed by atoms with E-state index >= 15 is 0 Å². The molecule has 5 nitrogen and oxygen atoms in total. The smallest absolute Gasteiger partial charge is 0.287 e. The van der Waals surface area contributed by atoms with Gasteiger partial charge in [0.05, 0.1) is 11.4 Å². The van der Waals surface area contributed by atoms with Gasteiger partial charge >= 0.3 is 0 Å². The number of para-hydroxylation sites is 1. The number of carbonyl (C=O) groups excluding carboxylic acids is 1. The Morgan fingerprint density at radius 1 is 1.15 bits per heavy atom. The largest absolute Gasteiger partial charge is 0.451 e. The molecule has 0 bridgehead atoms. The third kappa shape index (κ3) is 3.96. The van der Waals surface area contributed by atoms with Gasteiger partial charge in [-0.3, -0.25) is 14.5 Å². The molecular formula is C21H22N2O3S. The van der Waals surface area contributed by atoms with Crippen molar-refractivity contribution in [3.63, 3.8) is 0 Å². The molecule has 140 valence electrons. The molecular weight excluding hydrogens is 360 g/mol. The molecule has 1 saturated heterocycles. The quantitative estimate of drug-likeness (QED) is 0.729. The highest BCUT2D eigenvalue weighted by molar-refractivity contribution is 7.10. The number of carbonyl (C=O) groups is 1. The van der Waals surface area contributed by atoms with Crippen LogP contribution >= 0.6 is 11.3 Å². The zero-order valence-electron chi connectivity index (χ0n) is 15.0. The molecule has 1 aliphatic rings. The van der Waals surface area contributed by atoms with Crippen molar-refractivity contribution in [3.8, 4) is 0 Å². The van der Waals surface area contributed by atoms with Gasteiger partial charge in [-0.05, 0) is 49.5 Å². The molecule has 0 aliphatic carbocycles. The highest BCUT2D eigenvalue weighted by Gasteiger charge is 2.24. The molecule has 1 N–H and O–H groups in total. The van der Waals surface area contributed by atoms with E-state index in [2.05, 4.69) is 21.7 Å². The number of amides is 1. The minimum Gasteiger partial charge on any atom is -0.451 e. The molecule has 0 radical (unpaired) electrons. The lowest BCUT2D eigenvalue weighted by Crippen LogP contribution is -2.40. The molecule has 0 saturated carbocycles. The maximum Gasteiger partial charge on any atom is 0.287 e. The maximum atomic E-state index is 12.6. The van der Waals surface area contributed by atoms with Crippen LogP contribution in [0.3, 0.4) is 0 Å². The van der Waals surface area contributed by atoms with E-state index in [0.29, 0.717) is 17.5 Å². The van der Waals surface area contributed by atoms with Crippen molar-refractivity contribution >= 4 is 28.2 Å². The van der Waals surface area contributed by atoms with Crippen LogP contribution in [0.15, 0.2) is 57.1 Å². The lowest BCUT2D eigenvalue weighted by molar-refractivity contribution is 0.0899. The van der Waals surface area contributed by atoms with Crippen molar-refractivity contribution in [2.75, 3.05) is 19.6 Å². The topological polar surface area (TPSA) is 62.6 Å². The molecule has 4 rings (SSSR count). The van der Waals surface area contributed by atoms with E-state index in [9.17, 15) is 9.59 Å². The van der Waals surface area contributed by atoms with Crippen molar-refractivity contribution < 1.29 is 9.21 Å². The maximum absolute atomic E-state index is 12.6. The second-order valence-corrected chi connectivity index (χ2v) is 7.79. The van der Waals surface area contributed by atoms with E-state index < -0.39 is 0 Å². The van der Waals surface area contributed by atoms with Gasteiger partial charge in [-0.15, -0.1) is 11.3 Å². The molecule has 6 heteroatoms. The Labute approximate surface area is 161 Å². The minimum atomic E-state index is -0.351. The van der Waals surface area contributed by atoms with Crippen molar-refractivity contribution in [2.24, 2.45) is 0 Å². The van der Waals surface area contributed by atoms with Crippen LogP contribution in [0.1, 0.15) is 40.7 Å². The lowest BCUT2D eigenvalue weighted by atomic mass is 10.1. The first-order valence-electron chi connectivity index (χ1n) is 9.31. The molecule has 1 aromatic carbocycles. The molecule has 1 atom stereocenters. The summed E-state index contributed by atoms with van der Waals surface area (Å²) in [6.07, 6.45) is 3.65. The first-order chi connectivity index (χ1) is 13.2. The van der Waals surface area contributed by atoms with Crippen LogP contribution in [-0.2, 0) is 0 Å². The Morgan fingerprint density at radius 2 is 1.96 bits per heavy atom. The predicted molar refractivity (Wildman–Crippen MR) is 107 cm³/mol. The van der Waals surface area contributed by atoms with Crippen molar-refractivity contribution in [1.82, 2.24) is 10.2 Å². The van der Waals surface area contributed by atoms with Gasteiger partial charge in [-0.1, -0.05) is 24.6 Å². The molecule has 3 aromatic rings. The molecule has 1 fully saturated rings. The fraction of sp³-hybridized carbons (Fsp3) is 0.333. The summed E-state index contributed by atoms with van der Waals surface area (Å²) < 4.78 is 5.65. The number of likely N-dealkylation sites (tertiary alicyclic amines) is 1. The molecule has 3 heterocycles. The number of rotatable bonds is 5. The standard InChI is InChI=1S/C21H22N2O3S/c24-17-13-19(26-18-8-3-2-7-15(17)18)21(25)22-14-16(20-9-6-12-27-20)23-10-4-1-5-11-23/h2-3,6-9,12-13,16H,1,4-5,10-11,14H2,(H,22,25)/t16-/m0/s1. The summed E-state index contributed by atoms with van der Waals surface area (Å²) in [5.41, 5.74) is 0.230. The summed E-state index contributed by atoms with van der Waals surface area (Å²) in [6.45, 7) is 2.59. The van der Waals surface area contributed by atoms with Gasteiger partial charge in [0.1, 0.15) is 5.58 Å². The van der Waals surface area contributed by atoms with Crippen LogP contribution in [0.4, 0.5) is 0 Å². The number of benzene rings is 1. The van der Waals surface area contributed by atoms with E-state index in [-0.39, 0.29) is 23.1 Å². The summed E-state index contributed by atoms with van der Waals surface area (Å²) in [6, 6.07) is 12.6. The second-order valence-electron chi connectivity index (χ2n) is 6.81. The second kappa shape index (κ2) is 8.06. The number of piperidine rings is 1. The van der Waals surface area contributed by atoms with Crippen LogP contribution in [0.5, 0.6) is 0 Å². The van der Waals surface area contributed by atoms with Gasteiger partial charge in [-0.25, -0.2) is 0 Å². The third-order valence-electron chi connectivity index (χ3n) is 5.02. The van der Waals surface area contributed by atoms with Crippen LogP contribution < -0.4 is 10.7 Å². The van der Waals surface area contributed by atoms with E-state index in [0.717, 1.165) is 13.1 Å². The number of nitrogens with zero attached hydrogens (tertiary/aromatic N) is 1. The molecule has 27 heavy (non-hydrogen) atoms. The van der Waals surface area contributed by atoms with Crippen LogP contribution in [-0.4, -0.2) is 30.4 Å². The number of nitrogens with one attached hydrogen (secondary N) is 1. The monoisotopic (exact) mass is 382 g/mol. The fourth-order valence-corrected chi connectivity index (χ4v) is 4.47.